The third kappa shape index (κ3) is 2.30. The molecule has 0 radical (unpaired) electrons. The monoisotopic (exact) mass is 296 g/mol. The van der Waals surface area contributed by atoms with E-state index in [2.05, 4.69) is 46.9 Å². The number of nitrogens with zero attached hydrogens (tertiary/aromatic N) is 4. The van der Waals surface area contributed by atoms with Crippen LogP contribution in [0.1, 0.15) is 6.92 Å². The van der Waals surface area contributed by atoms with E-state index in [-0.39, 0.29) is 0 Å². The molecule has 1 aliphatic heterocycles. The van der Waals surface area contributed by atoms with Crippen molar-refractivity contribution in [1.29, 1.82) is 0 Å². The number of anilines is 1. The highest BCUT2D eigenvalue weighted by atomic mass is 35.5. The summed E-state index contributed by atoms with van der Waals surface area (Å²) in [5.74, 6) is 1.60. The fourth-order valence-electron chi connectivity index (χ4n) is 2.85. The lowest BCUT2D eigenvalue weighted by Crippen LogP contribution is -2.34. The molecular weight excluding hydrogens is 280 g/mol. The molecule has 2 aromatic heterocycles. The summed E-state index contributed by atoms with van der Waals surface area (Å²) in [5, 5.41) is 3.49. The highest BCUT2D eigenvalue weighted by Gasteiger charge is 2.32. The van der Waals surface area contributed by atoms with Gasteiger partial charge in [-0.2, -0.15) is 4.98 Å². The first-order valence-electron chi connectivity index (χ1n) is 6.38. The molecule has 0 aromatic carbocycles. The molecule has 0 spiro atoms. The third-order valence-electron chi connectivity index (χ3n) is 3.81. The Morgan fingerprint density at radius 1 is 1.37 bits per heavy atom. The second-order valence-electron chi connectivity index (χ2n) is 5.37. The molecule has 1 saturated heterocycles. The van der Waals surface area contributed by atoms with Crippen LogP contribution in [0.25, 0.3) is 10.2 Å². The van der Waals surface area contributed by atoms with E-state index in [1.54, 1.807) is 11.3 Å². The molecule has 0 saturated carbocycles. The minimum absolute atomic E-state index is 0.339. The summed E-state index contributed by atoms with van der Waals surface area (Å²) < 4.78 is 0. The van der Waals surface area contributed by atoms with Crippen molar-refractivity contribution in [3.8, 4) is 0 Å². The zero-order valence-corrected chi connectivity index (χ0v) is 12.9. The second-order valence-corrected chi connectivity index (χ2v) is 6.60. The van der Waals surface area contributed by atoms with Gasteiger partial charge < -0.3 is 9.80 Å². The van der Waals surface area contributed by atoms with Crippen LogP contribution in [0.3, 0.4) is 0 Å². The van der Waals surface area contributed by atoms with Crippen molar-refractivity contribution in [2.45, 2.75) is 13.0 Å². The van der Waals surface area contributed by atoms with Gasteiger partial charge >= 0.3 is 0 Å². The number of aromatic nitrogens is 2. The van der Waals surface area contributed by atoms with E-state index in [1.165, 1.54) is 0 Å². The van der Waals surface area contributed by atoms with Crippen molar-refractivity contribution < 1.29 is 0 Å². The first-order chi connectivity index (χ1) is 9.06. The maximum absolute atomic E-state index is 6.04. The molecule has 0 amide bonds. The molecule has 2 aromatic rings. The standard InChI is InChI=1S/C13H17ClN4S/c1-8-6-18(7-10(8)17(2)3)11-9-4-5-19-12(9)16-13(14)15-11/h4-5,8,10H,6-7H2,1-3H3. The van der Waals surface area contributed by atoms with Crippen LogP contribution in [-0.4, -0.2) is 48.1 Å². The molecular formula is C13H17ClN4S. The number of hydrogen-bond donors (Lipinski definition) is 0. The first kappa shape index (κ1) is 13.1. The Hall–Kier alpha value is -0.910. The molecule has 19 heavy (non-hydrogen) atoms. The van der Waals surface area contributed by atoms with Gasteiger partial charge in [0, 0.05) is 19.1 Å². The van der Waals surface area contributed by atoms with Gasteiger partial charge in [0.05, 0.1) is 5.39 Å². The van der Waals surface area contributed by atoms with E-state index in [4.69, 9.17) is 11.6 Å². The zero-order chi connectivity index (χ0) is 13.6. The summed E-state index contributed by atoms with van der Waals surface area (Å²) >= 11 is 7.65. The number of halogens is 1. The van der Waals surface area contributed by atoms with Gasteiger partial charge in [-0.05, 0) is 43.1 Å². The molecule has 4 nitrogen and oxygen atoms in total. The van der Waals surface area contributed by atoms with Crippen LogP contribution in [-0.2, 0) is 0 Å². The molecule has 0 bridgehead atoms. The number of rotatable bonds is 2. The fraction of sp³-hybridized carbons (Fsp3) is 0.538. The van der Waals surface area contributed by atoms with E-state index < -0.39 is 0 Å². The fourth-order valence-corrected chi connectivity index (χ4v) is 3.82. The maximum atomic E-state index is 6.04. The lowest BCUT2D eigenvalue weighted by atomic mass is 10.1. The van der Waals surface area contributed by atoms with Gasteiger partial charge in [-0.25, -0.2) is 4.98 Å². The normalized spacial score (nSPS) is 23.7. The van der Waals surface area contributed by atoms with Crippen molar-refractivity contribution in [2.75, 3.05) is 32.1 Å². The summed E-state index contributed by atoms with van der Waals surface area (Å²) in [5.41, 5.74) is 0. The molecule has 2 unspecified atom stereocenters. The van der Waals surface area contributed by atoms with Crippen LogP contribution < -0.4 is 4.90 Å². The van der Waals surface area contributed by atoms with Crippen molar-refractivity contribution in [3.05, 3.63) is 16.7 Å². The van der Waals surface area contributed by atoms with Crippen LogP contribution in [0.2, 0.25) is 5.28 Å². The largest absolute Gasteiger partial charge is 0.354 e. The highest BCUT2D eigenvalue weighted by Crippen LogP contribution is 2.32. The minimum atomic E-state index is 0.339. The van der Waals surface area contributed by atoms with E-state index in [0.717, 1.165) is 29.1 Å². The van der Waals surface area contributed by atoms with Gasteiger partial charge in [0.2, 0.25) is 5.28 Å². The van der Waals surface area contributed by atoms with E-state index >= 15 is 0 Å². The van der Waals surface area contributed by atoms with Crippen LogP contribution in [0.4, 0.5) is 5.82 Å². The van der Waals surface area contributed by atoms with Gasteiger partial charge in [-0.1, -0.05) is 6.92 Å². The Bertz CT molecular complexity index is 597. The smallest absolute Gasteiger partial charge is 0.225 e. The quantitative estimate of drug-likeness (QED) is 0.798. The Morgan fingerprint density at radius 3 is 2.84 bits per heavy atom. The van der Waals surface area contributed by atoms with Crippen LogP contribution in [0.5, 0.6) is 0 Å². The van der Waals surface area contributed by atoms with Gasteiger partial charge in [-0.3, -0.25) is 0 Å². The Labute approximate surface area is 122 Å². The average molecular weight is 297 g/mol. The van der Waals surface area contributed by atoms with E-state index in [1.807, 2.05) is 5.38 Å². The maximum Gasteiger partial charge on any atom is 0.225 e. The van der Waals surface area contributed by atoms with Crippen LogP contribution in [0, 0.1) is 5.92 Å². The van der Waals surface area contributed by atoms with Gasteiger partial charge in [0.1, 0.15) is 10.6 Å². The number of hydrogen-bond acceptors (Lipinski definition) is 5. The van der Waals surface area contributed by atoms with Gasteiger partial charge in [0.25, 0.3) is 0 Å². The van der Waals surface area contributed by atoms with Crippen molar-refractivity contribution >= 4 is 39.0 Å². The summed E-state index contributed by atoms with van der Waals surface area (Å²) in [7, 11) is 4.27. The summed E-state index contributed by atoms with van der Waals surface area (Å²) in [6, 6.07) is 2.64. The zero-order valence-electron chi connectivity index (χ0n) is 11.3. The SMILES string of the molecule is CC1CN(c2nc(Cl)nc3sccc23)CC1N(C)C. The molecule has 2 atom stereocenters. The predicted octanol–water partition coefficient (Wildman–Crippen LogP) is 2.73. The van der Waals surface area contributed by atoms with Crippen LogP contribution >= 0.6 is 22.9 Å². The number of fused-ring (bicyclic) bond motifs is 1. The molecule has 1 aliphatic rings. The predicted molar refractivity (Wildman–Crippen MR) is 81.3 cm³/mol. The average Bonchev–Trinajstić information content (AvgIpc) is 2.93. The van der Waals surface area contributed by atoms with Crippen molar-refractivity contribution in [1.82, 2.24) is 14.9 Å². The molecule has 6 heteroatoms. The Kier molecular flexibility index (Phi) is 3.37. The minimum Gasteiger partial charge on any atom is -0.354 e. The topological polar surface area (TPSA) is 32.3 Å². The first-order valence-corrected chi connectivity index (χ1v) is 7.64. The lowest BCUT2D eigenvalue weighted by molar-refractivity contribution is 0.266. The highest BCUT2D eigenvalue weighted by molar-refractivity contribution is 7.16. The lowest BCUT2D eigenvalue weighted by Gasteiger charge is -2.22. The molecule has 1 fully saturated rings. The van der Waals surface area contributed by atoms with Crippen molar-refractivity contribution in [3.63, 3.8) is 0 Å². The summed E-state index contributed by atoms with van der Waals surface area (Å²) in [6.45, 7) is 4.30. The molecule has 3 rings (SSSR count). The molecule has 0 N–H and O–H groups in total. The number of thiophene rings is 1. The molecule has 3 heterocycles. The molecule has 102 valence electrons. The van der Waals surface area contributed by atoms with Gasteiger partial charge in [0.15, 0.2) is 0 Å². The Balaban J connectivity index is 1.99. The second kappa shape index (κ2) is 4.89. The summed E-state index contributed by atoms with van der Waals surface area (Å²) in [4.78, 5) is 14.3. The van der Waals surface area contributed by atoms with E-state index in [9.17, 15) is 0 Å². The van der Waals surface area contributed by atoms with E-state index in [0.29, 0.717) is 17.2 Å². The van der Waals surface area contributed by atoms with Gasteiger partial charge in [-0.15, -0.1) is 11.3 Å². The molecule has 0 aliphatic carbocycles. The summed E-state index contributed by atoms with van der Waals surface area (Å²) in [6.07, 6.45) is 0. The van der Waals surface area contributed by atoms with Crippen molar-refractivity contribution in [2.24, 2.45) is 5.92 Å². The third-order valence-corrected chi connectivity index (χ3v) is 4.79. The van der Waals surface area contributed by atoms with Crippen LogP contribution in [0.15, 0.2) is 11.4 Å². The number of likely N-dealkylation sites (N-methyl/N-ethyl adjacent to an activating group) is 1. The Morgan fingerprint density at radius 2 is 2.16 bits per heavy atom.